The number of benzene rings is 1. The van der Waals surface area contributed by atoms with Crippen molar-refractivity contribution in [2.45, 2.75) is 13.0 Å². The van der Waals surface area contributed by atoms with Crippen LogP contribution in [0.5, 0.6) is 0 Å². The van der Waals surface area contributed by atoms with Crippen molar-refractivity contribution in [3.63, 3.8) is 0 Å². The summed E-state index contributed by atoms with van der Waals surface area (Å²) >= 11 is 3.49. The summed E-state index contributed by atoms with van der Waals surface area (Å²) in [6.07, 6.45) is 1.85. The summed E-state index contributed by atoms with van der Waals surface area (Å²) < 4.78 is 2.52. The first-order chi connectivity index (χ1) is 10.2. The Balaban J connectivity index is 2.21. The quantitative estimate of drug-likeness (QED) is 0.789. The predicted octanol–water partition coefficient (Wildman–Crippen LogP) is 2.82. The van der Waals surface area contributed by atoms with Crippen molar-refractivity contribution in [2.75, 3.05) is 6.54 Å². The highest BCUT2D eigenvalue weighted by atomic mass is 79.9. The molecule has 0 radical (unpaired) electrons. The lowest BCUT2D eigenvalue weighted by atomic mass is 10.0. The van der Waals surface area contributed by atoms with Crippen LogP contribution in [0.3, 0.4) is 0 Å². The van der Waals surface area contributed by atoms with E-state index in [0.717, 1.165) is 27.9 Å². The minimum Gasteiger partial charge on any atom is -0.304 e. The molecule has 3 rings (SSSR count). The van der Waals surface area contributed by atoms with Crippen LogP contribution < -0.4 is 5.32 Å². The van der Waals surface area contributed by atoms with Gasteiger partial charge in [-0.2, -0.15) is 0 Å². The fourth-order valence-electron chi connectivity index (χ4n) is 2.55. The van der Waals surface area contributed by atoms with E-state index in [0.29, 0.717) is 0 Å². The van der Waals surface area contributed by atoms with Crippen LogP contribution in [-0.4, -0.2) is 26.5 Å². The highest BCUT2D eigenvalue weighted by molar-refractivity contribution is 9.10. The van der Waals surface area contributed by atoms with Gasteiger partial charge in [-0.3, -0.25) is 4.98 Å². The number of aryl methyl sites for hydroxylation is 1. The summed E-state index contributed by atoms with van der Waals surface area (Å²) in [6.45, 7) is 2.91. The van der Waals surface area contributed by atoms with Crippen molar-refractivity contribution >= 4 is 26.7 Å². The molecule has 0 spiro atoms. The third-order valence-corrected chi connectivity index (χ3v) is 4.05. The van der Waals surface area contributed by atoms with E-state index in [9.17, 15) is 0 Å². The monoisotopic (exact) mass is 345 g/mol. The zero-order chi connectivity index (χ0) is 14.8. The van der Waals surface area contributed by atoms with Crippen molar-refractivity contribution in [1.29, 1.82) is 0 Å². The first-order valence-corrected chi connectivity index (χ1v) is 7.63. The maximum absolute atomic E-state index is 4.61. The minimum absolute atomic E-state index is 0.0597. The van der Waals surface area contributed by atoms with Crippen LogP contribution >= 0.6 is 15.9 Å². The van der Waals surface area contributed by atoms with Crippen LogP contribution in [0.15, 0.2) is 41.1 Å². The number of hydrogen-bond donors (Lipinski definition) is 1. The van der Waals surface area contributed by atoms with Gasteiger partial charge in [0.25, 0.3) is 0 Å². The van der Waals surface area contributed by atoms with Crippen LogP contribution in [0.4, 0.5) is 0 Å². The third kappa shape index (κ3) is 2.56. The number of halogens is 1. The molecular formula is C15H16BrN5. The second kappa shape index (κ2) is 5.91. The molecule has 6 heteroatoms. The molecule has 1 aromatic carbocycles. The molecule has 0 aliphatic heterocycles. The van der Waals surface area contributed by atoms with Gasteiger partial charge in [-0.15, -0.1) is 5.10 Å². The molecule has 108 valence electrons. The molecule has 5 nitrogen and oxygen atoms in total. The third-order valence-electron chi connectivity index (χ3n) is 3.49. The van der Waals surface area contributed by atoms with Crippen molar-refractivity contribution < 1.29 is 0 Å². The molecule has 0 amide bonds. The zero-order valence-corrected chi connectivity index (χ0v) is 13.5. The zero-order valence-electron chi connectivity index (χ0n) is 11.9. The maximum atomic E-state index is 4.61. The second-order valence-corrected chi connectivity index (χ2v) is 5.55. The molecule has 1 atom stereocenters. The number of fused-ring (bicyclic) bond motifs is 1. The molecule has 2 aromatic heterocycles. The van der Waals surface area contributed by atoms with E-state index in [1.807, 2.05) is 31.4 Å². The number of rotatable bonds is 4. The topological polar surface area (TPSA) is 55.6 Å². The summed E-state index contributed by atoms with van der Waals surface area (Å²) in [4.78, 5) is 4.61. The maximum Gasteiger partial charge on any atom is 0.153 e. The normalized spacial score (nSPS) is 12.7. The van der Waals surface area contributed by atoms with Crippen LogP contribution in [0.1, 0.15) is 24.4 Å². The van der Waals surface area contributed by atoms with E-state index in [4.69, 9.17) is 0 Å². The Labute approximate surface area is 131 Å². The van der Waals surface area contributed by atoms with E-state index < -0.39 is 0 Å². The van der Waals surface area contributed by atoms with Gasteiger partial charge in [0, 0.05) is 18.6 Å². The van der Waals surface area contributed by atoms with Crippen LogP contribution in [-0.2, 0) is 7.05 Å². The number of hydrogen-bond acceptors (Lipinski definition) is 4. The summed E-state index contributed by atoms with van der Waals surface area (Å²) in [5.74, 6) is 0. The Kier molecular flexibility index (Phi) is 3.98. The molecule has 0 fully saturated rings. The summed E-state index contributed by atoms with van der Waals surface area (Å²) in [6, 6.07) is 10.2. The van der Waals surface area contributed by atoms with E-state index in [2.05, 4.69) is 55.6 Å². The molecule has 0 saturated carbocycles. The number of nitrogens with zero attached hydrogens (tertiary/aromatic N) is 4. The van der Waals surface area contributed by atoms with Gasteiger partial charge in [-0.25, -0.2) is 4.68 Å². The fraction of sp³-hybridized carbons (Fsp3) is 0.267. The van der Waals surface area contributed by atoms with Gasteiger partial charge >= 0.3 is 0 Å². The van der Waals surface area contributed by atoms with Gasteiger partial charge in [-0.1, -0.05) is 36.4 Å². The van der Waals surface area contributed by atoms with Gasteiger partial charge in [0.1, 0.15) is 0 Å². The van der Waals surface area contributed by atoms with Gasteiger partial charge in [0.05, 0.1) is 17.4 Å². The molecule has 1 unspecified atom stereocenters. The van der Waals surface area contributed by atoms with Crippen molar-refractivity contribution in [1.82, 2.24) is 25.3 Å². The average Bonchev–Trinajstić information content (AvgIpc) is 2.84. The van der Waals surface area contributed by atoms with Crippen molar-refractivity contribution in [2.24, 2.45) is 7.05 Å². The highest BCUT2D eigenvalue weighted by Gasteiger charge is 2.23. The highest BCUT2D eigenvalue weighted by Crippen LogP contribution is 2.29. The molecule has 3 aromatic rings. The molecule has 1 N–H and O–H groups in total. The van der Waals surface area contributed by atoms with Crippen LogP contribution in [0.25, 0.3) is 10.8 Å². The fourth-order valence-corrected chi connectivity index (χ4v) is 3.10. The SMILES string of the molecule is CCNC(c1nccc2ccccc12)c1c(Br)nnn1C. The van der Waals surface area contributed by atoms with E-state index in [1.165, 1.54) is 5.39 Å². The summed E-state index contributed by atoms with van der Waals surface area (Å²) in [5.41, 5.74) is 1.96. The van der Waals surface area contributed by atoms with Crippen molar-refractivity contribution in [3.8, 4) is 0 Å². The number of pyridine rings is 1. The Morgan fingerprint density at radius 1 is 1.29 bits per heavy atom. The molecule has 0 aliphatic carbocycles. The summed E-state index contributed by atoms with van der Waals surface area (Å²) in [7, 11) is 1.89. The molecule has 2 heterocycles. The van der Waals surface area contributed by atoms with Gasteiger partial charge in [0.15, 0.2) is 4.60 Å². The van der Waals surface area contributed by atoms with E-state index in [-0.39, 0.29) is 6.04 Å². The predicted molar refractivity (Wildman–Crippen MR) is 86.0 cm³/mol. The summed E-state index contributed by atoms with van der Waals surface area (Å²) in [5, 5.41) is 14.0. The standard InChI is InChI=1S/C15H16BrN5/c1-3-17-13(14-15(16)19-20-21(14)2)12-11-7-5-4-6-10(11)8-9-18-12/h4-9,13,17H,3H2,1-2H3. The molecule has 0 bridgehead atoms. The molecule has 21 heavy (non-hydrogen) atoms. The van der Waals surface area contributed by atoms with Crippen LogP contribution in [0.2, 0.25) is 0 Å². The van der Waals surface area contributed by atoms with Crippen LogP contribution in [0, 0.1) is 0 Å². The average molecular weight is 346 g/mol. The smallest absolute Gasteiger partial charge is 0.153 e. The first kappa shape index (κ1) is 14.2. The Bertz CT molecular complexity index is 743. The van der Waals surface area contributed by atoms with Gasteiger partial charge in [0.2, 0.25) is 0 Å². The largest absolute Gasteiger partial charge is 0.304 e. The minimum atomic E-state index is -0.0597. The Morgan fingerprint density at radius 3 is 2.81 bits per heavy atom. The molecule has 0 aliphatic rings. The Morgan fingerprint density at radius 2 is 2.10 bits per heavy atom. The van der Waals surface area contributed by atoms with Gasteiger partial charge in [-0.05, 0) is 33.9 Å². The molecular weight excluding hydrogens is 330 g/mol. The lowest BCUT2D eigenvalue weighted by molar-refractivity contribution is 0.560. The Hall–Kier alpha value is -1.79. The number of nitrogens with one attached hydrogen (secondary N) is 1. The van der Waals surface area contributed by atoms with Crippen molar-refractivity contribution in [3.05, 3.63) is 52.5 Å². The second-order valence-electron chi connectivity index (χ2n) is 4.80. The number of aromatic nitrogens is 4. The lowest BCUT2D eigenvalue weighted by Crippen LogP contribution is -2.25. The first-order valence-electron chi connectivity index (χ1n) is 6.84. The van der Waals surface area contributed by atoms with E-state index >= 15 is 0 Å². The lowest BCUT2D eigenvalue weighted by Gasteiger charge is -2.19. The van der Waals surface area contributed by atoms with Gasteiger partial charge < -0.3 is 5.32 Å². The molecule has 0 saturated heterocycles. The van der Waals surface area contributed by atoms with E-state index in [1.54, 1.807) is 4.68 Å².